The van der Waals surface area contributed by atoms with Crippen LogP contribution in [0.4, 0.5) is 5.69 Å². The summed E-state index contributed by atoms with van der Waals surface area (Å²) in [6.45, 7) is 6.39. The standard InChI is InChI=1S/C33H29BrN4OS/c1-21-7-15-27(16-8-21)39-28-17-13-26(14-18-28)38-32(31(36-33(38)40)30-6-4-5-19-35-30)29-20-22(2)37(23(29)3)25-11-9-24(34)10-12-25/h4-20,31-32H,1-3H3,(H,36,40)/t31-,32-/m0/s1. The number of nitrogens with zero attached hydrogens (tertiary/aromatic N) is 3. The highest BCUT2D eigenvalue weighted by atomic mass is 79.9. The number of aryl methyl sites for hydroxylation is 2. The Morgan fingerprint density at radius 3 is 2.12 bits per heavy atom. The SMILES string of the molecule is Cc1ccc(Oc2ccc(N3C(=S)N[C@@H](c4ccccn4)[C@@H]3c3cc(C)n(-c4ccc(Br)cc4)c3C)cc2)cc1. The molecular weight excluding hydrogens is 580 g/mol. The number of rotatable bonds is 6. The van der Waals surface area contributed by atoms with E-state index in [0.717, 1.165) is 38.7 Å². The first-order chi connectivity index (χ1) is 19.4. The number of benzene rings is 3. The summed E-state index contributed by atoms with van der Waals surface area (Å²) >= 11 is 9.52. The van der Waals surface area contributed by atoms with Gasteiger partial charge in [-0.05, 0) is 117 Å². The smallest absolute Gasteiger partial charge is 0.174 e. The number of aromatic nitrogens is 2. The van der Waals surface area contributed by atoms with E-state index in [-0.39, 0.29) is 12.1 Å². The number of nitrogens with one attached hydrogen (secondary N) is 1. The van der Waals surface area contributed by atoms with Crippen LogP contribution in [0.25, 0.3) is 5.69 Å². The second kappa shape index (κ2) is 10.9. The van der Waals surface area contributed by atoms with Crippen LogP contribution in [0.3, 0.4) is 0 Å². The van der Waals surface area contributed by atoms with Crippen molar-refractivity contribution in [2.75, 3.05) is 4.90 Å². The van der Waals surface area contributed by atoms with E-state index >= 15 is 0 Å². The topological polar surface area (TPSA) is 42.3 Å². The third kappa shape index (κ3) is 5.03. The number of pyridine rings is 1. The van der Waals surface area contributed by atoms with Gasteiger partial charge in [0.05, 0.1) is 17.8 Å². The fourth-order valence-electron chi connectivity index (χ4n) is 5.44. The Labute approximate surface area is 248 Å². The van der Waals surface area contributed by atoms with Crippen LogP contribution in [0.5, 0.6) is 11.5 Å². The van der Waals surface area contributed by atoms with E-state index in [1.54, 1.807) is 0 Å². The van der Waals surface area contributed by atoms with Gasteiger partial charge < -0.3 is 19.5 Å². The molecular formula is C33H29BrN4OS. The van der Waals surface area contributed by atoms with Gasteiger partial charge in [-0.1, -0.05) is 39.7 Å². The molecule has 200 valence electrons. The van der Waals surface area contributed by atoms with Crippen LogP contribution < -0.4 is 15.0 Å². The second-order valence-corrected chi connectivity index (χ2v) is 11.3. The van der Waals surface area contributed by atoms with E-state index in [0.29, 0.717) is 5.11 Å². The van der Waals surface area contributed by atoms with Gasteiger partial charge in [0.25, 0.3) is 0 Å². The number of hydrogen-bond acceptors (Lipinski definition) is 3. The molecule has 5 nitrogen and oxygen atoms in total. The molecule has 1 N–H and O–H groups in total. The average Bonchev–Trinajstić information content (AvgIpc) is 3.46. The van der Waals surface area contributed by atoms with Gasteiger partial charge in [0, 0.05) is 33.4 Å². The lowest BCUT2D eigenvalue weighted by Crippen LogP contribution is -2.29. The van der Waals surface area contributed by atoms with Gasteiger partial charge in [-0.15, -0.1) is 0 Å². The predicted octanol–water partition coefficient (Wildman–Crippen LogP) is 8.53. The van der Waals surface area contributed by atoms with E-state index in [1.165, 1.54) is 16.8 Å². The lowest BCUT2D eigenvalue weighted by Gasteiger charge is -2.28. The van der Waals surface area contributed by atoms with E-state index in [4.69, 9.17) is 21.9 Å². The van der Waals surface area contributed by atoms with E-state index in [9.17, 15) is 0 Å². The molecule has 0 bridgehead atoms. The van der Waals surface area contributed by atoms with Gasteiger partial charge in [-0.25, -0.2) is 0 Å². The molecule has 2 atom stereocenters. The second-order valence-electron chi connectivity index (χ2n) is 10.0. The van der Waals surface area contributed by atoms with Crippen LogP contribution in [-0.2, 0) is 0 Å². The number of halogens is 1. The minimum Gasteiger partial charge on any atom is -0.457 e. The molecule has 0 radical (unpaired) electrons. The third-order valence-electron chi connectivity index (χ3n) is 7.34. The maximum atomic E-state index is 6.09. The molecule has 1 aliphatic heterocycles. The molecule has 6 rings (SSSR count). The van der Waals surface area contributed by atoms with E-state index < -0.39 is 0 Å². The predicted molar refractivity (Wildman–Crippen MR) is 169 cm³/mol. The van der Waals surface area contributed by atoms with E-state index in [1.807, 2.05) is 54.7 Å². The van der Waals surface area contributed by atoms with Crippen LogP contribution >= 0.6 is 28.1 Å². The van der Waals surface area contributed by atoms with Crippen molar-refractivity contribution in [3.05, 3.63) is 136 Å². The molecule has 1 saturated heterocycles. The van der Waals surface area contributed by atoms with Gasteiger partial charge in [0.2, 0.25) is 0 Å². The van der Waals surface area contributed by atoms with Gasteiger partial charge in [0.1, 0.15) is 11.5 Å². The van der Waals surface area contributed by atoms with Crippen molar-refractivity contribution in [2.24, 2.45) is 0 Å². The van der Waals surface area contributed by atoms with Crippen LogP contribution in [-0.4, -0.2) is 14.7 Å². The molecule has 2 aromatic heterocycles. The quantitative estimate of drug-likeness (QED) is 0.196. The maximum Gasteiger partial charge on any atom is 0.174 e. The Morgan fingerprint density at radius 2 is 1.48 bits per heavy atom. The zero-order chi connectivity index (χ0) is 27.8. The fraction of sp³-hybridized carbons (Fsp3) is 0.152. The molecule has 0 spiro atoms. The molecule has 3 heterocycles. The van der Waals surface area contributed by atoms with Crippen molar-refractivity contribution in [2.45, 2.75) is 32.9 Å². The Balaban J connectivity index is 1.40. The third-order valence-corrected chi connectivity index (χ3v) is 8.19. The number of anilines is 1. The molecule has 3 aromatic carbocycles. The Kier molecular flexibility index (Phi) is 7.17. The van der Waals surface area contributed by atoms with Crippen molar-refractivity contribution in [1.29, 1.82) is 0 Å². The van der Waals surface area contributed by atoms with Gasteiger partial charge in [0.15, 0.2) is 5.11 Å². The fourth-order valence-corrected chi connectivity index (χ4v) is 6.05. The first kappa shape index (κ1) is 26.3. The summed E-state index contributed by atoms with van der Waals surface area (Å²) in [5.41, 5.74) is 7.79. The zero-order valence-electron chi connectivity index (χ0n) is 22.5. The minimum atomic E-state index is -0.115. The van der Waals surface area contributed by atoms with E-state index in [2.05, 4.69) is 100 Å². The summed E-state index contributed by atoms with van der Waals surface area (Å²) in [6.07, 6.45) is 1.84. The van der Waals surface area contributed by atoms with Crippen LogP contribution in [0.1, 0.15) is 40.3 Å². The molecule has 1 aliphatic rings. The monoisotopic (exact) mass is 608 g/mol. The molecule has 5 aromatic rings. The summed E-state index contributed by atoms with van der Waals surface area (Å²) in [6, 6.07) is 32.7. The summed E-state index contributed by atoms with van der Waals surface area (Å²) in [4.78, 5) is 6.92. The lowest BCUT2D eigenvalue weighted by molar-refractivity contribution is 0.482. The number of thiocarbonyl (C=S) groups is 1. The summed E-state index contributed by atoms with van der Waals surface area (Å²) < 4.78 is 9.45. The van der Waals surface area contributed by atoms with Crippen molar-refractivity contribution < 1.29 is 4.74 Å². The van der Waals surface area contributed by atoms with Crippen LogP contribution in [0.15, 0.2) is 108 Å². The minimum absolute atomic E-state index is 0.0957. The Hall–Kier alpha value is -3.94. The highest BCUT2D eigenvalue weighted by Crippen LogP contribution is 2.44. The largest absolute Gasteiger partial charge is 0.457 e. The van der Waals surface area contributed by atoms with Crippen molar-refractivity contribution in [3.63, 3.8) is 0 Å². The van der Waals surface area contributed by atoms with Crippen molar-refractivity contribution in [3.8, 4) is 17.2 Å². The highest BCUT2D eigenvalue weighted by Gasteiger charge is 2.42. The zero-order valence-corrected chi connectivity index (χ0v) is 24.9. The number of ether oxygens (including phenoxy) is 1. The number of hydrogen-bond donors (Lipinski definition) is 1. The molecule has 40 heavy (non-hydrogen) atoms. The molecule has 1 fully saturated rings. The average molecular weight is 610 g/mol. The first-order valence-electron chi connectivity index (χ1n) is 13.2. The Morgan fingerprint density at radius 1 is 0.825 bits per heavy atom. The van der Waals surface area contributed by atoms with Crippen LogP contribution in [0.2, 0.25) is 0 Å². The van der Waals surface area contributed by atoms with Gasteiger partial charge in [-0.3, -0.25) is 4.98 Å². The summed E-state index contributed by atoms with van der Waals surface area (Å²) in [5.74, 6) is 1.59. The van der Waals surface area contributed by atoms with Gasteiger partial charge in [-0.2, -0.15) is 0 Å². The Bertz CT molecular complexity index is 1650. The molecule has 0 saturated carbocycles. The molecule has 0 amide bonds. The molecule has 7 heteroatoms. The highest BCUT2D eigenvalue weighted by molar-refractivity contribution is 9.10. The first-order valence-corrected chi connectivity index (χ1v) is 14.4. The van der Waals surface area contributed by atoms with Crippen molar-refractivity contribution in [1.82, 2.24) is 14.9 Å². The van der Waals surface area contributed by atoms with Crippen LogP contribution in [0, 0.1) is 20.8 Å². The summed E-state index contributed by atoms with van der Waals surface area (Å²) in [5, 5.41) is 4.25. The maximum absolute atomic E-state index is 6.09. The normalized spacial score (nSPS) is 16.7. The lowest BCUT2D eigenvalue weighted by atomic mass is 9.96. The van der Waals surface area contributed by atoms with Crippen molar-refractivity contribution >= 4 is 38.9 Å². The summed E-state index contributed by atoms with van der Waals surface area (Å²) in [7, 11) is 0. The van der Waals surface area contributed by atoms with Gasteiger partial charge >= 0.3 is 0 Å². The molecule has 0 unspecified atom stereocenters. The molecule has 0 aliphatic carbocycles.